The molecule has 0 bridgehead atoms. The summed E-state index contributed by atoms with van der Waals surface area (Å²) in [7, 11) is 0. The van der Waals surface area contributed by atoms with E-state index < -0.39 is 5.92 Å². The van der Waals surface area contributed by atoms with Gasteiger partial charge in [-0.2, -0.15) is 0 Å². The third kappa shape index (κ3) is 3.28. The van der Waals surface area contributed by atoms with E-state index in [9.17, 15) is 8.78 Å². The Labute approximate surface area is 70.5 Å². The number of hydrogen-bond donors (Lipinski definition) is 0. The van der Waals surface area contributed by atoms with Gasteiger partial charge in [-0.3, -0.25) is 0 Å². The van der Waals surface area contributed by atoms with Gasteiger partial charge in [-0.05, 0) is 11.6 Å². The topological polar surface area (TPSA) is 0 Å². The summed E-state index contributed by atoms with van der Waals surface area (Å²) in [5.74, 6) is -2.73. The monoisotopic (exact) mass is 168 g/mol. The zero-order chi connectivity index (χ0) is 9.03. The summed E-state index contributed by atoms with van der Waals surface area (Å²) in [4.78, 5) is 0. The van der Waals surface area contributed by atoms with E-state index in [0.717, 1.165) is 18.6 Å². The molecule has 2 heteroatoms. The minimum Gasteiger partial charge on any atom is -0.202 e. The van der Waals surface area contributed by atoms with Crippen molar-refractivity contribution in [3.05, 3.63) is 42.0 Å². The second-order valence-corrected chi connectivity index (χ2v) is 2.70. The molecule has 0 atom stereocenters. The zero-order valence-corrected chi connectivity index (χ0v) is 6.80. The predicted molar refractivity (Wildman–Crippen MR) is 46.1 cm³/mol. The highest BCUT2D eigenvalue weighted by molar-refractivity contribution is 5.49. The van der Waals surface area contributed by atoms with Gasteiger partial charge in [-0.1, -0.05) is 36.4 Å². The summed E-state index contributed by atoms with van der Waals surface area (Å²) in [5.41, 5.74) is 0.791. The smallest absolute Gasteiger partial charge is 0.202 e. The van der Waals surface area contributed by atoms with Gasteiger partial charge in [-0.15, -0.1) is 0 Å². The van der Waals surface area contributed by atoms with Crippen molar-refractivity contribution in [2.45, 2.75) is 12.8 Å². The Balaban J connectivity index is 2.71. The van der Waals surface area contributed by atoms with Crippen LogP contribution in [-0.2, 0) is 0 Å². The van der Waals surface area contributed by atoms with Crippen molar-refractivity contribution >= 4 is 6.08 Å². The molecule has 0 radical (unpaired) electrons. The summed E-state index contributed by atoms with van der Waals surface area (Å²) in [6, 6.07) is 9.03. The molecule has 0 aliphatic carbocycles. The normalized spacial score (nSPS) is 12.2. The Morgan fingerprint density at radius 3 is 2.25 bits per heavy atom. The zero-order valence-electron chi connectivity index (χ0n) is 6.80. The van der Waals surface area contributed by atoms with E-state index in [0.29, 0.717) is 0 Å². The quantitative estimate of drug-likeness (QED) is 0.635. The van der Waals surface area contributed by atoms with Crippen LogP contribution in [0.4, 0.5) is 8.78 Å². The van der Waals surface area contributed by atoms with Gasteiger partial charge < -0.3 is 0 Å². The molecule has 0 spiro atoms. The number of halogens is 2. The molecular weight excluding hydrogens is 158 g/mol. The number of hydrogen-bond acceptors (Lipinski definition) is 0. The standard InChI is InChI=1S/C10H10F2/c1-10(11,12)8-7-9-5-3-2-4-6-9/h2-8H,1H3/b8-7+. The van der Waals surface area contributed by atoms with Crippen LogP contribution in [0.25, 0.3) is 6.08 Å². The molecule has 0 unspecified atom stereocenters. The van der Waals surface area contributed by atoms with Crippen LogP contribution in [0.15, 0.2) is 36.4 Å². The first-order valence-electron chi connectivity index (χ1n) is 3.70. The van der Waals surface area contributed by atoms with E-state index in [2.05, 4.69) is 0 Å². The molecule has 0 aliphatic rings. The molecule has 0 saturated carbocycles. The summed E-state index contributed by atoms with van der Waals surface area (Å²) >= 11 is 0. The van der Waals surface area contributed by atoms with Gasteiger partial charge in [0.25, 0.3) is 5.92 Å². The van der Waals surface area contributed by atoms with E-state index in [1.165, 1.54) is 6.08 Å². The summed E-state index contributed by atoms with van der Waals surface area (Å²) in [6.07, 6.45) is 2.31. The van der Waals surface area contributed by atoms with E-state index in [1.807, 2.05) is 18.2 Å². The highest BCUT2D eigenvalue weighted by Gasteiger charge is 2.14. The average Bonchev–Trinajstić information content (AvgIpc) is 2.02. The van der Waals surface area contributed by atoms with Gasteiger partial charge >= 0.3 is 0 Å². The largest absolute Gasteiger partial charge is 0.264 e. The molecule has 0 fully saturated rings. The van der Waals surface area contributed by atoms with Gasteiger partial charge in [0, 0.05) is 6.92 Å². The predicted octanol–water partition coefficient (Wildman–Crippen LogP) is 3.36. The van der Waals surface area contributed by atoms with Crippen molar-refractivity contribution in [1.82, 2.24) is 0 Å². The Hall–Kier alpha value is -1.18. The SMILES string of the molecule is CC(F)(F)/C=C/c1ccccc1. The third-order valence-electron chi connectivity index (χ3n) is 1.37. The maximum absolute atomic E-state index is 12.3. The van der Waals surface area contributed by atoms with E-state index >= 15 is 0 Å². The molecular formula is C10H10F2. The molecule has 0 nitrogen and oxygen atoms in total. The Morgan fingerprint density at radius 1 is 1.17 bits per heavy atom. The molecule has 0 N–H and O–H groups in total. The van der Waals surface area contributed by atoms with E-state index in [1.54, 1.807) is 12.1 Å². The van der Waals surface area contributed by atoms with Gasteiger partial charge in [0.15, 0.2) is 0 Å². The lowest BCUT2D eigenvalue weighted by molar-refractivity contribution is 0.0784. The van der Waals surface area contributed by atoms with Crippen LogP contribution in [0.2, 0.25) is 0 Å². The Bertz CT molecular complexity index is 257. The van der Waals surface area contributed by atoms with Crippen LogP contribution in [0, 0.1) is 0 Å². The Kier molecular flexibility index (Phi) is 2.58. The number of benzene rings is 1. The van der Waals surface area contributed by atoms with Gasteiger partial charge in [0.2, 0.25) is 0 Å². The summed E-state index contributed by atoms with van der Waals surface area (Å²) < 4.78 is 24.6. The highest BCUT2D eigenvalue weighted by atomic mass is 19.3. The van der Waals surface area contributed by atoms with E-state index in [-0.39, 0.29) is 0 Å². The molecule has 1 aromatic carbocycles. The average molecular weight is 168 g/mol. The molecule has 1 aromatic rings. The summed E-state index contributed by atoms with van der Waals surface area (Å²) in [6.45, 7) is 0.868. The lowest BCUT2D eigenvalue weighted by Crippen LogP contribution is -2.02. The van der Waals surface area contributed by atoms with Crippen LogP contribution >= 0.6 is 0 Å². The molecule has 12 heavy (non-hydrogen) atoms. The minimum absolute atomic E-state index is 0.791. The first-order chi connectivity index (χ1) is 5.58. The van der Waals surface area contributed by atoms with E-state index in [4.69, 9.17) is 0 Å². The molecule has 0 heterocycles. The molecule has 0 saturated heterocycles. The number of allylic oxidation sites excluding steroid dienone is 1. The lowest BCUT2D eigenvalue weighted by atomic mass is 10.2. The minimum atomic E-state index is -2.73. The lowest BCUT2D eigenvalue weighted by Gasteiger charge is -2.01. The fourth-order valence-corrected chi connectivity index (χ4v) is 0.807. The second kappa shape index (κ2) is 3.48. The molecule has 1 rings (SSSR count). The fourth-order valence-electron chi connectivity index (χ4n) is 0.807. The van der Waals surface area contributed by atoms with Crippen LogP contribution < -0.4 is 0 Å². The first-order valence-corrected chi connectivity index (χ1v) is 3.70. The van der Waals surface area contributed by atoms with Crippen LogP contribution in [0.1, 0.15) is 12.5 Å². The van der Waals surface area contributed by atoms with Crippen LogP contribution in [0.3, 0.4) is 0 Å². The maximum Gasteiger partial charge on any atom is 0.264 e. The second-order valence-electron chi connectivity index (χ2n) is 2.70. The van der Waals surface area contributed by atoms with Gasteiger partial charge in [-0.25, -0.2) is 8.78 Å². The van der Waals surface area contributed by atoms with Crippen molar-refractivity contribution in [1.29, 1.82) is 0 Å². The number of alkyl halides is 2. The van der Waals surface area contributed by atoms with Crippen molar-refractivity contribution in [3.8, 4) is 0 Å². The van der Waals surface area contributed by atoms with Gasteiger partial charge in [0.1, 0.15) is 0 Å². The maximum atomic E-state index is 12.3. The molecule has 0 aromatic heterocycles. The number of rotatable bonds is 2. The summed E-state index contributed by atoms with van der Waals surface area (Å²) in [5, 5.41) is 0. The van der Waals surface area contributed by atoms with Crippen LogP contribution in [0.5, 0.6) is 0 Å². The highest BCUT2D eigenvalue weighted by Crippen LogP contribution is 2.15. The molecule has 0 amide bonds. The third-order valence-corrected chi connectivity index (χ3v) is 1.37. The van der Waals surface area contributed by atoms with Gasteiger partial charge in [0.05, 0.1) is 0 Å². The fraction of sp³-hybridized carbons (Fsp3) is 0.200. The van der Waals surface area contributed by atoms with Crippen molar-refractivity contribution in [2.24, 2.45) is 0 Å². The molecule has 64 valence electrons. The Morgan fingerprint density at radius 2 is 1.75 bits per heavy atom. The van der Waals surface area contributed by atoms with Crippen molar-refractivity contribution < 1.29 is 8.78 Å². The molecule has 0 aliphatic heterocycles. The van der Waals surface area contributed by atoms with Crippen molar-refractivity contribution in [2.75, 3.05) is 0 Å². The van der Waals surface area contributed by atoms with Crippen molar-refractivity contribution in [3.63, 3.8) is 0 Å². The first kappa shape index (κ1) is 8.91. The van der Waals surface area contributed by atoms with Crippen LogP contribution in [-0.4, -0.2) is 5.92 Å².